The molecule has 0 saturated heterocycles. The van der Waals surface area contributed by atoms with E-state index in [2.05, 4.69) is 10.5 Å². The second-order valence-electron chi connectivity index (χ2n) is 3.96. The van der Waals surface area contributed by atoms with E-state index in [1.54, 1.807) is 0 Å². The molecule has 0 aromatic carbocycles. The highest BCUT2D eigenvalue weighted by Gasteiger charge is 2.20. The fraction of sp³-hybridized carbons (Fsp3) is 0.900. The van der Waals surface area contributed by atoms with Gasteiger partial charge in [-0.05, 0) is 25.2 Å². The molecule has 1 unspecified atom stereocenters. The van der Waals surface area contributed by atoms with Crippen LogP contribution in [-0.4, -0.2) is 36.8 Å². The molecule has 15 heavy (non-hydrogen) atoms. The maximum atomic E-state index is 8.51. The van der Waals surface area contributed by atoms with E-state index in [1.807, 2.05) is 6.92 Å². The van der Waals surface area contributed by atoms with Gasteiger partial charge in [-0.15, -0.1) is 0 Å². The van der Waals surface area contributed by atoms with Crippen molar-refractivity contribution in [2.24, 2.45) is 16.8 Å². The van der Waals surface area contributed by atoms with Crippen molar-refractivity contribution >= 4 is 5.84 Å². The first-order valence-electron chi connectivity index (χ1n) is 5.56. The summed E-state index contributed by atoms with van der Waals surface area (Å²) in [4.78, 5) is 0. The van der Waals surface area contributed by atoms with Gasteiger partial charge < -0.3 is 21.0 Å². The van der Waals surface area contributed by atoms with E-state index in [0.29, 0.717) is 6.61 Å². The molecule has 0 aliphatic heterocycles. The maximum absolute atomic E-state index is 8.51. The normalized spacial score (nSPS) is 19.1. The summed E-state index contributed by atoms with van der Waals surface area (Å²) >= 11 is 0. The number of oxime groups is 1. The molecule has 1 atom stereocenters. The van der Waals surface area contributed by atoms with Crippen LogP contribution in [0.3, 0.4) is 0 Å². The van der Waals surface area contributed by atoms with E-state index in [4.69, 9.17) is 15.7 Å². The van der Waals surface area contributed by atoms with Gasteiger partial charge in [0.25, 0.3) is 0 Å². The molecule has 0 heterocycles. The second kappa shape index (κ2) is 6.63. The standard InChI is InChI=1S/C10H21N3O2/c1-2-9(10(11)13-14)12-5-6-15-7-8-3-4-8/h8-9,12,14H,2-7H2,1H3,(H2,11,13). The van der Waals surface area contributed by atoms with Crippen LogP contribution in [-0.2, 0) is 4.74 Å². The molecule has 1 aliphatic rings. The number of nitrogens with one attached hydrogen (secondary N) is 1. The van der Waals surface area contributed by atoms with Crippen LogP contribution in [0.5, 0.6) is 0 Å². The smallest absolute Gasteiger partial charge is 0.156 e. The van der Waals surface area contributed by atoms with Crippen molar-refractivity contribution in [3.8, 4) is 0 Å². The molecule has 1 rings (SSSR count). The Morgan fingerprint density at radius 1 is 1.67 bits per heavy atom. The highest BCUT2D eigenvalue weighted by atomic mass is 16.5. The van der Waals surface area contributed by atoms with Gasteiger partial charge in [0.2, 0.25) is 0 Å². The van der Waals surface area contributed by atoms with Gasteiger partial charge in [-0.2, -0.15) is 0 Å². The maximum Gasteiger partial charge on any atom is 0.156 e. The van der Waals surface area contributed by atoms with Gasteiger partial charge in [0.1, 0.15) is 0 Å². The third-order valence-corrected chi connectivity index (χ3v) is 2.57. The van der Waals surface area contributed by atoms with Crippen LogP contribution in [0.1, 0.15) is 26.2 Å². The summed E-state index contributed by atoms with van der Waals surface area (Å²) in [5.74, 6) is 1.04. The minimum atomic E-state index is -0.0560. The fourth-order valence-corrected chi connectivity index (χ4v) is 1.37. The minimum Gasteiger partial charge on any atom is -0.409 e. The number of amidine groups is 1. The largest absolute Gasteiger partial charge is 0.409 e. The predicted molar refractivity (Wildman–Crippen MR) is 59.0 cm³/mol. The number of ether oxygens (including phenoxy) is 1. The number of hydrogen-bond donors (Lipinski definition) is 3. The van der Waals surface area contributed by atoms with Crippen LogP contribution < -0.4 is 11.1 Å². The lowest BCUT2D eigenvalue weighted by Gasteiger charge is -2.15. The average molecular weight is 215 g/mol. The summed E-state index contributed by atoms with van der Waals surface area (Å²) in [6.07, 6.45) is 3.43. The van der Waals surface area contributed by atoms with E-state index in [1.165, 1.54) is 12.8 Å². The SMILES string of the molecule is CCC(NCCOCC1CC1)C(N)=NO. The lowest BCUT2D eigenvalue weighted by atomic mass is 10.2. The lowest BCUT2D eigenvalue weighted by molar-refractivity contribution is 0.125. The number of rotatable bonds is 8. The molecule has 88 valence electrons. The van der Waals surface area contributed by atoms with Crippen molar-refractivity contribution < 1.29 is 9.94 Å². The molecule has 1 fully saturated rings. The monoisotopic (exact) mass is 215 g/mol. The van der Waals surface area contributed by atoms with Crippen LogP contribution in [0.15, 0.2) is 5.16 Å². The molecule has 0 aromatic rings. The quantitative estimate of drug-likeness (QED) is 0.181. The zero-order chi connectivity index (χ0) is 11.1. The molecule has 0 bridgehead atoms. The van der Waals surface area contributed by atoms with Gasteiger partial charge in [-0.25, -0.2) is 0 Å². The highest BCUT2D eigenvalue weighted by Crippen LogP contribution is 2.28. The Labute approximate surface area is 90.7 Å². The van der Waals surface area contributed by atoms with Crippen LogP contribution in [0.2, 0.25) is 0 Å². The second-order valence-corrected chi connectivity index (χ2v) is 3.96. The van der Waals surface area contributed by atoms with Crippen LogP contribution in [0, 0.1) is 5.92 Å². The Morgan fingerprint density at radius 2 is 2.40 bits per heavy atom. The Hall–Kier alpha value is -0.810. The molecular formula is C10H21N3O2. The highest BCUT2D eigenvalue weighted by molar-refractivity contribution is 5.85. The molecular weight excluding hydrogens is 194 g/mol. The Kier molecular flexibility index (Phi) is 5.42. The number of hydrogen-bond acceptors (Lipinski definition) is 4. The fourth-order valence-electron chi connectivity index (χ4n) is 1.37. The van der Waals surface area contributed by atoms with Gasteiger partial charge in [-0.3, -0.25) is 0 Å². The number of nitrogens with zero attached hydrogens (tertiary/aromatic N) is 1. The van der Waals surface area contributed by atoms with Crippen LogP contribution >= 0.6 is 0 Å². The summed E-state index contributed by atoms with van der Waals surface area (Å²) in [5.41, 5.74) is 5.50. The summed E-state index contributed by atoms with van der Waals surface area (Å²) in [7, 11) is 0. The van der Waals surface area contributed by atoms with Crippen LogP contribution in [0.25, 0.3) is 0 Å². The summed E-state index contributed by atoms with van der Waals surface area (Å²) < 4.78 is 5.46. The van der Waals surface area contributed by atoms with Gasteiger partial charge in [0.05, 0.1) is 12.6 Å². The molecule has 0 spiro atoms. The van der Waals surface area contributed by atoms with E-state index in [0.717, 1.165) is 25.5 Å². The minimum absolute atomic E-state index is 0.0560. The van der Waals surface area contributed by atoms with Gasteiger partial charge in [0.15, 0.2) is 5.84 Å². The zero-order valence-electron chi connectivity index (χ0n) is 9.28. The third-order valence-electron chi connectivity index (χ3n) is 2.57. The van der Waals surface area contributed by atoms with E-state index in [-0.39, 0.29) is 11.9 Å². The van der Waals surface area contributed by atoms with E-state index >= 15 is 0 Å². The van der Waals surface area contributed by atoms with Crippen molar-refractivity contribution in [2.75, 3.05) is 19.8 Å². The van der Waals surface area contributed by atoms with Crippen molar-refractivity contribution in [3.63, 3.8) is 0 Å². The topological polar surface area (TPSA) is 79.9 Å². The molecule has 0 radical (unpaired) electrons. The van der Waals surface area contributed by atoms with Crippen molar-refractivity contribution in [2.45, 2.75) is 32.2 Å². The van der Waals surface area contributed by atoms with Crippen LogP contribution in [0.4, 0.5) is 0 Å². The summed E-state index contributed by atoms with van der Waals surface area (Å²) in [5, 5.41) is 14.7. The predicted octanol–water partition coefficient (Wildman–Crippen LogP) is 0.528. The van der Waals surface area contributed by atoms with Gasteiger partial charge >= 0.3 is 0 Å². The lowest BCUT2D eigenvalue weighted by Crippen LogP contribution is -2.42. The molecule has 1 saturated carbocycles. The van der Waals surface area contributed by atoms with Crippen molar-refractivity contribution in [3.05, 3.63) is 0 Å². The Morgan fingerprint density at radius 3 is 2.93 bits per heavy atom. The summed E-state index contributed by atoms with van der Waals surface area (Å²) in [6.45, 7) is 4.29. The Balaban J connectivity index is 2.00. The number of nitrogens with two attached hydrogens (primary N) is 1. The first kappa shape index (κ1) is 12.3. The van der Waals surface area contributed by atoms with E-state index in [9.17, 15) is 0 Å². The Bertz CT molecular complexity index is 205. The molecule has 1 aliphatic carbocycles. The zero-order valence-corrected chi connectivity index (χ0v) is 9.28. The van der Waals surface area contributed by atoms with Crippen molar-refractivity contribution in [1.82, 2.24) is 5.32 Å². The first-order valence-corrected chi connectivity index (χ1v) is 5.56. The molecule has 0 aromatic heterocycles. The average Bonchev–Trinajstić information content (AvgIpc) is 3.06. The molecule has 5 nitrogen and oxygen atoms in total. The first-order chi connectivity index (χ1) is 7.27. The molecule has 5 heteroatoms. The molecule has 4 N–H and O–H groups in total. The molecule has 0 amide bonds. The summed E-state index contributed by atoms with van der Waals surface area (Å²) in [6, 6.07) is -0.0560. The van der Waals surface area contributed by atoms with E-state index < -0.39 is 0 Å². The third kappa shape index (κ3) is 4.99. The van der Waals surface area contributed by atoms with Crippen molar-refractivity contribution in [1.29, 1.82) is 0 Å². The van der Waals surface area contributed by atoms with Gasteiger partial charge in [0, 0.05) is 13.2 Å². The van der Waals surface area contributed by atoms with Gasteiger partial charge in [-0.1, -0.05) is 12.1 Å².